The van der Waals surface area contributed by atoms with Crippen LogP contribution < -0.4 is 5.32 Å². The second-order valence-electron chi connectivity index (χ2n) is 5.38. The Morgan fingerprint density at radius 3 is 2.65 bits per heavy atom. The average Bonchev–Trinajstić information content (AvgIpc) is 3.28. The standard InChI is InChI=1S/C15H21Cl2NOS/c1-2-7-18-15(9-19,11-3-4-11)10-20-12-5-6-13(16)14(17)8-12/h5-6,8,11,18-19H,2-4,7,9-10H2,1H3. The maximum absolute atomic E-state index is 9.87. The molecule has 5 heteroatoms. The van der Waals surface area contributed by atoms with Gasteiger partial charge in [-0.1, -0.05) is 30.1 Å². The van der Waals surface area contributed by atoms with Crippen LogP contribution in [-0.4, -0.2) is 29.5 Å². The van der Waals surface area contributed by atoms with Gasteiger partial charge in [-0.15, -0.1) is 11.8 Å². The summed E-state index contributed by atoms with van der Waals surface area (Å²) in [5.41, 5.74) is -0.160. The number of halogens is 2. The van der Waals surface area contributed by atoms with Gasteiger partial charge in [0.05, 0.1) is 22.2 Å². The van der Waals surface area contributed by atoms with E-state index in [9.17, 15) is 5.11 Å². The van der Waals surface area contributed by atoms with Crippen molar-refractivity contribution in [1.29, 1.82) is 0 Å². The highest BCUT2D eigenvalue weighted by Gasteiger charge is 2.44. The van der Waals surface area contributed by atoms with Crippen LogP contribution in [0.15, 0.2) is 23.1 Å². The first kappa shape index (κ1) is 16.4. The molecule has 1 unspecified atom stereocenters. The second kappa shape index (κ2) is 7.37. The topological polar surface area (TPSA) is 32.3 Å². The Morgan fingerprint density at radius 2 is 2.10 bits per heavy atom. The lowest BCUT2D eigenvalue weighted by Crippen LogP contribution is -2.53. The Hall–Kier alpha value is 0.0700. The number of thioether (sulfide) groups is 1. The maximum atomic E-state index is 9.87. The van der Waals surface area contributed by atoms with Crippen molar-refractivity contribution in [3.05, 3.63) is 28.2 Å². The molecule has 112 valence electrons. The van der Waals surface area contributed by atoms with Gasteiger partial charge in [-0.05, 0) is 49.9 Å². The summed E-state index contributed by atoms with van der Waals surface area (Å²) in [5.74, 6) is 1.45. The van der Waals surface area contributed by atoms with Crippen LogP contribution >= 0.6 is 35.0 Å². The van der Waals surface area contributed by atoms with E-state index < -0.39 is 0 Å². The molecule has 1 saturated carbocycles. The van der Waals surface area contributed by atoms with E-state index in [-0.39, 0.29) is 12.1 Å². The number of hydrogen-bond acceptors (Lipinski definition) is 3. The zero-order chi connectivity index (χ0) is 14.6. The molecule has 1 aliphatic carbocycles. The SMILES string of the molecule is CCCNC(CO)(CSc1ccc(Cl)c(Cl)c1)C1CC1. The van der Waals surface area contributed by atoms with Crippen molar-refractivity contribution >= 4 is 35.0 Å². The third-order valence-corrected chi connectivity index (χ3v) is 5.74. The van der Waals surface area contributed by atoms with Crippen LogP contribution in [0.1, 0.15) is 26.2 Å². The van der Waals surface area contributed by atoms with Crippen LogP contribution in [0.3, 0.4) is 0 Å². The van der Waals surface area contributed by atoms with E-state index in [0.717, 1.165) is 23.6 Å². The summed E-state index contributed by atoms with van der Waals surface area (Å²) in [5, 5.41) is 14.6. The van der Waals surface area contributed by atoms with Gasteiger partial charge in [-0.3, -0.25) is 0 Å². The summed E-state index contributed by atoms with van der Waals surface area (Å²) in [4.78, 5) is 1.09. The fraction of sp³-hybridized carbons (Fsp3) is 0.600. The summed E-state index contributed by atoms with van der Waals surface area (Å²) in [7, 11) is 0. The number of aliphatic hydroxyl groups is 1. The lowest BCUT2D eigenvalue weighted by molar-refractivity contribution is 0.159. The molecule has 1 atom stereocenters. The zero-order valence-electron chi connectivity index (χ0n) is 11.7. The van der Waals surface area contributed by atoms with Crippen LogP contribution in [0.5, 0.6) is 0 Å². The van der Waals surface area contributed by atoms with Gasteiger partial charge in [0, 0.05) is 10.6 Å². The van der Waals surface area contributed by atoms with Gasteiger partial charge in [-0.2, -0.15) is 0 Å². The zero-order valence-corrected chi connectivity index (χ0v) is 14.0. The van der Waals surface area contributed by atoms with Crippen molar-refractivity contribution in [2.75, 3.05) is 18.9 Å². The number of nitrogens with one attached hydrogen (secondary N) is 1. The van der Waals surface area contributed by atoms with Crippen molar-refractivity contribution < 1.29 is 5.11 Å². The third kappa shape index (κ3) is 4.05. The Balaban J connectivity index is 2.02. The highest BCUT2D eigenvalue weighted by Crippen LogP contribution is 2.42. The molecule has 1 aromatic rings. The van der Waals surface area contributed by atoms with Gasteiger partial charge >= 0.3 is 0 Å². The van der Waals surface area contributed by atoms with Gasteiger partial charge in [-0.25, -0.2) is 0 Å². The molecule has 20 heavy (non-hydrogen) atoms. The van der Waals surface area contributed by atoms with Gasteiger partial charge in [0.25, 0.3) is 0 Å². The van der Waals surface area contributed by atoms with E-state index in [2.05, 4.69) is 12.2 Å². The predicted octanol–water partition coefficient (Wildman–Crippen LogP) is 4.23. The molecule has 0 bridgehead atoms. The van der Waals surface area contributed by atoms with Crippen LogP contribution in [0, 0.1) is 5.92 Å². The van der Waals surface area contributed by atoms with Crippen molar-refractivity contribution in [2.24, 2.45) is 5.92 Å². The first-order valence-electron chi connectivity index (χ1n) is 7.05. The molecular weight excluding hydrogens is 313 g/mol. The number of rotatable bonds is 8. The van der Waals surface area contributed by atoms with Gasteiger partial charge in [0.1, 0.15) is 0 Å². The van der Waals surface area contributed by atoms with Crippen molar-refractivity contribution in [3.8, 4) is 0 Å². The smallest absolute Gasteiger partial charge is 0.0624 e. The van der Waals surface area contributed by atoms with Gasteiger partial charge < -0.3 is 10.4 Å². The fourth-order valence-corrected chi connectivity index (χ4v) is 3.91. The highest BCUT2D eigenvalue weighted by atomic mass is 35.5. The largest absolute Gasteiger partial charge is 0.394 e. The molecule has 0 amide bonds. The molecular formula is C15H21Cl2NOS. The van der Waals surface area contributed by atoms with E-state index in [1.807, 2.05) is 18.2 Å². The molecule has 2 rings (SSSR count). The van der Waals surface area contributed by atoms with Crippen molar-refractivity contribution in [3.63, 3.8) is 0 Å². The Bertz CT molecular complexity index is 453. The summed E-state index contributed by atoms with van der Waals surface area (Å²) >= 11 is 13.7. The molecule has 1 aromatic carbocycles. The number of hydrogen-bond donors (Lipinski definition) is 2. The van der Waals surface area contributed by atoms with E-state index >= 15 is 0 Å². The lowest BCUT2D eigenvalue weighted by Gasteiger charge is -2.33. The van der Waals surface area contributed by atoms with Crippen molar-refractivity contribution in [2.45, 2.75) is 36.6 Å². The normalized spacial score (nSPS) is 18.0. The fourth-order valence-electron chi connectivity index (χ4n) is 2.33. The van der Waals surface area contributed by atoms with Crippen LogP contribution in [0.2, 0.25) is 10.0 Å². The Kier molecular flexibility index (Phi) is 6.06. The van der Waals surface area contributed by atoms with E-state index in [1.165, 1.54) is 12.8 Å². The van der Waals surface area contributed by atoms with E-state index in [0.29, 0.717) is 16.0 Å². The van der Waals surface area contributed by atoms with Gasteiger partial charge in [0.2, 0.25) is 0 Å². The summed E-state index contributed by atoms with van der Waals surface area (Å²) in [6, 6.07) is 5.70. The molecule has 0 radical (unpaired) electrons. The third-order valence-electron chi connectivity index (χ3n) is 3.76. The molecule has 0 spiro atoms. The molecule has 2 nitrogen and oxygen atoms in total. The van der Waals surface area contributed by atoms with Crippen LogP contribution in [-0.2, 0) is 0 Å². The minimum Gasteiger partial charge on any atom is -0.394 e. The minimum absolute atomic E-state index is 0.160. The number of aliphatic hydroxyl groups excluding tert-OH is 1. The molecule has 1 fully saturated rings. The number of benzene rings is 1. The van der Waals surface area contributed by atoms with Gasteiger partial charge in [0.15, 0.2) is 0 Å². The first-order chi connectivity index (χ1) is 9.61. The predicted molar refractivity (Wildman–Crippen MR) is 88.0 cm³/mol. The van der Waals surface area contributed by atoms with Crippen LogP contribution in [0.25, 0.3) is 0 Å². The maximum Gasteiger partial charge on any atom is 0.0624 e. The second-order valence-corrected chi connectivity index (χ2v) is 7.24. The van der Waals surface area contributed by atoms with Crippen molar-refractivity contribution in [1.82, 2.24) is 5.32 Å². The Labute approximate surface area is 135 Å². The monoisotopic (exact) mass is 333 g/mol. The summed E-state index contributed by atoms with van der Waals surface area (Å²) in [6.07, 6.45) is 3.49. The molecule has 2 N–H and O–H groups in total. The minimum atomic E-state index is -0.160. The first-order valence-corrected chi connectivity index (χ1v) is 8.79. The molecule has 0 aliphatic heterocycles. The van der Waals surface area contributed by atoms with E-state index in [1.54, 1.807) is 11.8 Å². The summed E-state index contributed by atoms with van der Waals surface area (Å²) in [6.45, 7) is 3.28. The quantitative estimate of drug-likeness (QED) is 0.698. The Morgan fingerprint density at radius 1 is 1.35 bits per heavy atom. The lowest BCUT2D eigenvalue weighted by atomic mass is 9.96. The molecule has 1 aliphatic rings. The molecule has 0 heterocycles. The van der Waals surface area contributed by atoms with E-state index in [4.69, 9.17) is 23.2 Å². The van der Waals surface area contributed by atoms with Crippen LogP contribution in [0.4, 0.5) is 0 Å². The average molecular weight is 334 g/mol. The molecule has 0 saturated heterocycles. The highest BCUT2D eigenvalue weighted by molar-refractivity contribution is 7.99. The molecule has 0 aromatic heterocycles. The summed E-state index contributed by atoms with van der Waals surface area (Å²) < 4.78 is 0.